The van der Waals surface area contributed by atoms with Crippen LogP contribution in [-0.2, 0) is 13.1 Å². The molecule has 0 fully saturated rings. The van der Waals surface area contributed by atoms with E-state index < -0.39 is 0 Å². The second kappa shape index (κ2) is 26.7. The molecule has 2 heteroatoms. The summed E-state index contributed by atoms with van der Waals surface area (Å²) in [5, 5.41) is 0. The van der Waals surface area contributed by atoms with Gasteiger partial charge in [-0.2, -0.15) is 0 Å². The Morgan fingerprint density at radius 3 is 1.25 bits per heavy atom. The van der Waals surface area contributed by atoms with Gasteiger partial charge in [0.1, 0.15) is 0 Å². The van der Waals surface area contributed by atoms with E-state index in [0.29, 0.717) is 6.54 Å². The van der Waals surface area contributed by atoms with Gasteiger partial charge in [-0.3, -0.25) is 0 Å². The monoisotopic (exact) mass is 284 g/mol. The lowest BCUT2D eigenvalue weighted by molar-refractivity contribution is 0.402. The maximum atomic E-state index is 5.49. The van der Waals surface area contributed by atoms with Crippen molar-refractivity contribution >= 4 is 0 Å². The van der Waals surface area contributed by atoms with Crippen molar-refractivity contribution in [3.8, 4) is 0 Å². The number of benzene rings is 1. The number of nitrogens with zero attached hydrogens (tertiary/aromatic N) is 1. The van der Waals surface area contributed by atoms with Crippen LogP contribution in [0.3, 0.4) is 0 Å². The third kappa shape index (κ3) is 19.5. The lowest BCUT2D eigenvalue weighted by Crippen LogP contribution is -2.10. The molecule has 20 heavy (non-hydrogen) atoms. The molecule has 0 aliphatic carbocycles. The van der Waals surface area contributed by atoms with Crippen LogP contribution in [-0.4, -0.2) is 19.0 Å². The Kier molecular flexibility index (Phi) is 36.6. The highest BCUT2D eigenvalue weighted by atomic mass is 15.0. The molecular weight excluding hydrogens is 244 g/mol. The van der Waals surface area contributed by atoms with E-state index in [1.807, 2.05) is 55.4 Å². The molecule has 0 spiro atoms. The fourth-order valence-corrected chi connectivity index (χ4v) is 1.15. The Hall–Kier alpha value is -0.860. The highest BCUT2D eigenvalue weighted by Crippen LogP contribution is 2.04. The second-order valence-electron chi connectivity index (χ2n) is 3.26. The first-order chi connectivity index (χ1) is 9.72. The molecule has 1 rings (SSSR count). The van der Waals surface area contributed by atoms with Gasteiger partial charge < -0.3 is 10.6 Å². The first-order valence-electron chi connectivity index (χ1n) is 8.15. The summed E-state index contributed by atoms with van der Waals surface area (Å²) in [6.07, 6.45) is 0. The standard InChI is InChI=1S/C10H16N2.4C2H6/c1-12(2)8-10-5-3-9(7-11)4-6-10;4*1-2/h3-6H,7-8,11H2,1-2H3;4*1-2H3. The van der Waals surface area contributed by atoms with Crippen LogP contribution in [0, 0.1) is 0 Å². The minimum absolute atomic E-state index is 0.627. The van der Waals surface area contributed by atoms with E-state index in [-0.39, 0.29) is 0 Å². The zero-order valence-corrected chi connectivity index (χ0v) is 15.7. The highest BCUT2D eigenvalue weighted by Gasteiger charge is 1.94. The number of rotatable bonds is 3. The number of hydrogen-bond acceptors (Lipinski definition) is 2. The summed E-state index contributed by atoms with van der Waals surface area (Å²) in [7, 11) is 4.13. The van der Waals surface area contributed by atoms with Gasteiger partial charge in [-0.25, -0.2) is 0 Å². The summed E-state index contributed by atoms with van der Waals surface area (Å²) in [4.78, 5) is 2.15. The van der Waals surface area contributed by atoms with Crippen LogP contribution in [0.4, 0.5) is 0 Å². The topological polar surface area (TPSA) is 29.3 Å². The molecule has 0 aliphatic rings. The zero-order chi connectivity index (χ0) is 17.0. The average molecular weight is 285 g/mol. The maximum Gasteiger partial charge on any atom is 0.0227 e. The van der Waals surface area contributed by atoms with Gasteiger partial charge in [-0.15, -0.1) is 0 Å². The Bertz CT molecular complexity index is 228. The molecule has 1 aromatic rings. The molecule has 1 aromatic carbocycles. The van der Waals surface area contributed by atoms with Gasteiger partial charge in [-0.1, -0.05) is 79.7 Å². The van der Waals surface area contributed by atoms with Crippen molar-refractivity contribution in [2.45, 2.75) is 68.5 Å². The molecule has 0 bridgehead atoms. The molecule has 0 radical (unpaired) electrons. The van der Waals surface area contributed by atoms with Gasteiger partial charge in [0, 0.05) is 13.1 Å². The molecule has 2 nitrogen and oxygen atoms in total. The summed E-state index contributed by atoms with van der Waals surface area (Å²) in [6.45, 7) is 17.6. The summed E-state index contributed by atoms with van der Waals surface area (Å²) in [5.41, 5.74) is 8.01. The van der Waals surface area contributed by atoms with E-state index in [0.717, 1.165) is 6.54 Å². The molecule has 0 amide bonds. The SMILES string of the molecule is CC.CC.CC.CC.CN(C)Cc1ccc(CN)cc1. The van der Waals surface area contributed by atoms with E-state index in [1.54, 1.807) is 0 Å². The molecule has 0 unspecified atom stereocenters. The molecule has 0 saturated carbocycles. The molecular formula is C18H40N2. The predicted molar refractivity (Wildman–Crippen MR) is 97.1 cm³/mol. The molecule has 2 N–H and O–H groups in total. The largest absolute Gasteiger partial charge is 0.326 e. The minimum atomic E-state index is 0.627. The summed E-state index contributed by atoms with van der Waals surface area (Å²) in [6, 6.07) is 8.42. The van der Waals surface area contributed by atoms with Crippen molar-refractivity contribution in [2.75, 3.05) is 14.1 Å². The van der Waals surface area contributed by atoms with E-state index in [1.165, 1.54) is 11.1 Å². The van der Waals surface area contributed by atoms with Gasteiger partial charge in [0.15, 0.2) is 0 Å². The van der Waals surface area contributed by atoms with E-state index >= 15 is 0 Å². The first-order valence-corrected chi connectivity index (χ1v) is 8.15. The minimum Gasteiger partial charge on any atom is -0.326 e. The Balaban J connectivity index is -0.000000138. The third-order valence-electron chi connectivity index (χ3n) is 1.76. The molecule has 0 saturated heterocycles. The summed E-state index contributed by atoms with van der Waals surface area (Å²) < 4.78 is 0. The van der Waals surface area contributed by atoms with Crippen molar-refractivity contribution in [1.82, 2.24) is 4.90 Å². The normalized spacial score (nSPS) is 7.60. The van der Waals surface area contributed by atoms with Gasteiger partial charge >= 0.3 is 0 Å². The Labute approximate surface area is 129 Å². The average Bonchev–Trinajstić information content (AvgIpc) is 2.55. The van der Waals surface area contributed by atoms with Gasteiger partial charge in [0.05, 0.1) is 0 Å². The Morgan fingerprint density at radius 1 is 0.700 bits per heavy atom. The zero-order valence-electron chi connectivity index (χ0n) is 15.7. The van der Waals surface area contributed by atoms with Crippen LogP contribution < -0.4 is 5.73 Å². The van der Waals surface area contributed by atoms with Crippen molar-refractivity contribution in [1.29, 1.82) is 0 Å². The van der Waals surface area contributed by atoms with Crippen LogP contribution >= 0.6 is 0 Å². The first kappa shape index (κ1) is 27.5. The second-order valence-corrected chi connectivity index (χ2v) is 3.26. The number of nitrogens with two attached hydrogens (primary N) is 1. The Morgan fingerprint density at radius 2 is 1.00 bits per heavy atom. The van der Waals surface area contributed by atoms with E-state index in [2.05, 4.69) is 43.3 Å². The van der Waals surface area contributed by atoms with Gasteiger partial charge in [-0.05, 0) is 25.2 Å². The quantitative estimate of drug-likeness (QED) is 0.814. The van der Waals surface area contributed by atoms with Gasteiger partial charge in [0.25, 0.3) is 0 Å². The van der Waals surface area contributed by atoms with Crippen LogP contribution in [0.5, 0.6) is 0 Å². The summed E-state index contributed by atoms with van der Waals surface area (Å²) in [5.74, 6) is 0. The lowest BCUT2D eigenvalue weighted by atomic mass is 10.1. The molecule has 0 heterocycles. The van der Waals surface area contributed by atoms with Crippen molar-refractivity contribution < 1.29 is 0 Å². The maximum absolute atomic E-state index is 5.49. The molecule has 122 valence electrons. The summed E-state index contributed by atoms with van der Waals surface area (Å²) >= 11 is 0. The molecule has 0 aliphatic heterocycles. The molecule has 0 aromatic heterocycles. The smallest absolute Gasteiger partial charge is 0.0227 e. The van der Waals surface area contributed by atoms with E-state index in [4.69, 9.17) is 5.73 Å². The third-order valence-corrected chi connectivity index (χ3v) is 1.76. The van der Waals surface area contributed by atoms with Crippen LogP contribution in [0.2, 0.25) is 0 Å². The van der Waals surface area contributed by atoms with Crippen LogP contribution in [0.1, 0.15) is 66.5 Å². The van der Waals surface area contributed by atoms with Crippen molar-refractivity contribution in [2.24, 2.45) is 5.73 Å². The number of hydrogen-bond donors (Lipinski definition) is 1. The van der Waals surface area contributed by atoms with Crippen molar-refractivity contribution in [3.05, 3.63) is 35.4 Å². The predicted octanol–water partition coefficient (Wildman–Crippen LogP) is 5.31. The fraction of sp³-hybridized carbons (Fsp3) is 0.667. The van der Waals surface area contributed by atoms with E-state index in [9.17, 15) is 0 Å². The fourth-order valence-electron chi connectivity index (χ4n) is 1.15. The van der Waals surface area contributed by atoms with Crippen molar-refractivity contribution in [3.63, 3.8) is 0 Å². The van der Waals surface area contributed by atoms with Crippen LogP contribution in [0.15, 0.2) is 24.3 Å². The lowest BCUT2D eigenvalue weighted by Gasteiger charge is -2.09. The highest BCUT2D eigenvalue weighted by molar-refractivity contribution is 5.22. The van der Waals surface area contributed by atoms with Gasteiger partial charge in [0.2, 0.25) is 0 Å². The van der Waals surface area contributed by atoms with Crippen LogP contribution in [0.25, 0.3) is 0 Å². The molecule has 0 atom stereocenters.